The predicted molar refractivity (Wildman–Crippen MR) is 61.1 cm³/mol. The van der Waals surface area contributed by atoms with Crippen LogP contribution in [0.2, 0.25) is 0 Å². The highest BCUT2D eigenvalue weighted by Crippen LogP contribution is 2.24. The highest BCUT2D eigenvalue weighted by molar-refractivity contribution is 7.11. The molecule has 0 saturated carbocycles. The van der Waals surface area contributed by atoms with Crippen LogP contribution in [0.1, 0.15) is 29.9 Å². The van der Waals surface area contributed by atoms with Crippen molar-refractivity contribution in [1.82, 2.24) is 9.69 Å². The number of hydrogen-bond donors (Lipinski definition) is 3. The third kappa shape index (κ3) is 2.93. The molecule has 0 spiro atoms. The summed E-state index contributed by atoms with van der Waals surface area (Å²) in [5, 5.41) is 14.2. The van der Waals surface area contributed by atoms with Crippen LogP contribution in [-0.4, -0.2) is 27.5 Å². The van der Waals surface area contributed by atoms with Gasteiger partial charge in [-0.2, -0.15) is 4.37 Å². The first-order chi connectivity index (χ1) is 7.41. The first kappa shape index (κ1) is 12.4. The van der Waals surface area contributed by atoms with Gasteiger partial charge in [0.25, 0.3) is 0 Å². The molecular weight excluding hydrogens is 230 g/mol. The van der Waals surface area contributed by atoms with E-state index in [9.17, 15) is 9.59 Å². The van der Waals surface area contributed by atoms with E-state index >= 15 is 0 Å². The number of hydrogen-bond acceptors (Lipinski definition) is 4. The molecule has 2 amide bonds. The third-order valence-electron chi connectivity index (χ3n) is 1.72. The number of amides is 2. The monoisotopic (exact) mass is 243 g/mol. The van der Waals surface area contributed by atoms with Crippen molar-refractivity contribution in [3.05, 3.63) is 11.3 Å². The summed E-state index contributed by atoms with van der Waals surface area (Å²) < 4.78 is 3.89. The number of aromatic carboxylic acids is 1. The van der Waals surface area contributed by atoms with E-state index in [0.717, 1.165) is 11.5 Å². The van der Waals surface area contributed by atoms with E-state index in [2.05, 4.69) is 15.0 Å². The predicted octanol–water partition coefficient (Wildman–Crippen LogP) is 1.68. The highest BCUT2D eigenvalue weighted by atomic mass is 32.1. The average molecular weight is 243 g/mol. The van der Waals surface area contributed by atoms with Gasteiger partial charge in [0.2, 0.25) is 0 Å². The summed E-state index contributed by atoms with van der Waals surface area (Å²) in [6.45, 7) is 5.22. The van der Waals surface area contributed by atoms with Crippen LogP contribution < -0.4 is 10.6 Å². The van der Waals surface area contributed by atoms with Crippen molar-refractivity contribution in [2.75, 3.05) is 5.32 Å². The van der Waals surface area contributed by atoms with Crippen molar-refractivity contribution in [3.8, 4) is 0 Å². The zero-order valence-corrected chi connectivity index (χ0v) is 10.0. The lowest BCUT2D eigenvalue weighted by Gasteiger charge is -2.08. The van der Waals surface area contributed by atoms with Gasteiger partial charge in [-0.25, -0.2) is 9.59 Å². The topological polar surface area (TPSA) is 91.3 Å². The Bertz CT molecular complexity index is 414. The largest absolute Gasteiger partial charge is 0.478 e. The maximum Gasteiger partial charge on any atom is 0.340 e. The fourth-order valence-corrected chi connectivity index (χ4v) is 1.89. The molecule has 0 saturated heterocycles. The molecule has 0 unspecified atom stereocenters. The summed E-state index contributed by atoms with van der Waals surface area (Å²) in [6.07, 6.45) is 0. The Morgan fingerprint density at radius 3 is 2.56 bits per heavy atom. The van der Waals surface area contributed by atoms with Crippen LogP contribution in [0.5, 0.6) is 0 Å². The quantitative estimate of drug-likeness (QED) is 0.753. The van der Waals surface area contributed by atoms with Gasteiger partial charge in [0, 0.05) is 6.04 Å². The fraction of sp³-hybridized carbons (Fsp3) is 0.444. The molecule has 0 radical (unpaired) electrons. The Labute approximate surface area is 96.8 Å². The second-order valence-corrected chi connectivity index (χ2v) is 4.30. The van der Waals surface area contributed by atoms with Gasteiger partial charge in [-0.1, -0.05) is 0 Å². The lowest BCUT2D eigenvalue weighted by atomic mass is 10.2. The first-order valence-electron chi connectivity index (χ1n) is 4.69. The van der Waals surface area contributed by atoms with Crippen molar-refractivity contribution in [3.63, 3.8) is 0 Å². The number of carboxylic acids is 1. The number of carbonyl (C=O) groups excluding carboxylic acids is 1. The third-order valence-corrected chi connectivity index (χ3v) is 2.58. The molecule has 3 N–H and O–H groups in total. The van der Waals surface area contributed by atoms with E-state index in [1.54, 1.807) is 6.92 Å². The number of aryl methyl sites for hydroxylation is 1. The van der Waals surface area contributed by atoms with E-state index in [-0.39, 0.29) is 16.6 Å². The number of anilines is 1. The highest BCUT2D eigenvalue weighted by Gasteiger charge is 2.19. The van der Waals surface area contributed by atoms with Crippen molar-refractivity contribution in [2.45, 2.75) is 26.8 Å². The second-order valence-electron chi connectivity index (χ2n) is 3.53. The Balaban J connectivity index is 2.82. The molecule has 1 rings (SSSR count). The standard InChI is InChI=1S/C9H13N3O3S/c1-4(2)10-9(15)11-7-6(8(13)14)5(3)12-16-7/h4H,1-3H3,(H,13,14)(H2,10,11,15). The van der Waals surface area contributed by atoms with Gasteiger partial charge in [0.05, 0.1) is 5.69 Å². The summed E-state index contributed by atoms with van der Waals surface area (Å²) in [5.74, 6) is -1.09. The molecule has 0 aliphatic carbocycles. The fourth-order valence-electron chi connectivity index (χ4n) is 1.11. The Morgan fingerprint density at radius 2 is 2.06 bits per heavy atom. The lowest BCUT2D eigenvalue weighted by Crippen LogP contribution is -2.34. The second kappa shape index (κ2) is 4.93. The molecule has 1 aromatic rings. The summed E-state index contributed by atoms with van der Waals surface area (Å²) in [6, 6.07) is -0.441. The molecule has 0 aromatic carbocycles. The van der Waals surface area contributed by atoms with Crippen molar-refractivity contribution < 1.29 is 14.7 Å². The van der Waals surface area contributed by atoms with Gasteiger partial charge in [-0.15, -0.1) is 0 Å². The van der Waals surface area contributed by atoms with E-state index < -0.39 is 12.0 Å². The molecule has 1 aromatic heterocycles. The van der Waals surface area contributed by atoms with Crippen LogP contribution in [0.25, 0.3) is 0 Å². The van der Waals surface area contributed by atoms with Crippen LogP contribution in [0.3, 0.4) is 0 Å². The minimum absolute atomic E-state index is 0.0118. The maximum atomic E-state index is 11.4. The molecule has 0 bridgehead atoms. The number of aromatic nitrogens is 1. The van der Waals surface area contributed by atoms with E-state index in [1.807, 2.05) is 13.8 Å². The minimum atomic E-state index is -1.09. The molecule has 7 heteroatoms. The maximum absolute atomic E-state index is 11.4. The van der Waals surface area contributed by atoms with Crippen LogP contribution in [0.4, 0.5) is 9.80 Å². The lowest BCUT2D eigenvalue weighted by molar-refractivity contribution is 0.0697. The molecule has 6 nitrogen and oxygen atoms in total. The van der Waals surface area contributed by atoms with Gasteiger partial charge >= 0.3 is 12.0 Å². The van der Waals surface area contributed by atoms with Crippen molar-refractivity contribution in [1.29, 1.82) is 0 Å². The number of nitrogens with one attached hydrogen (secondary N) is 2. The number of rotatable bonds is 3. The Kier molecular flexibility index (Phi) is 3.83. The van der Waals surface area contributed by atoms with Crippen LogP contribution in [0.15, 0.2) is 0 Å². The van der Waals surface area contributed by atoms with Crippen LogP contribution >= 0.6 is 11.5 Å². The van der Waals surface area contributed by atoms with E-state index in [1.165, 1.54) is 0 Å². The zero-order chi connectivity index (χ0) is 12.3. The van der Waals surface area contributed by atoms with Gasteiger partial charge < -0.3 is 10.4 Å². The molecular formula is C9H13N3O3S. The summed E-state index contributed by atoms with van der Waals surface area (Å²) in [7, 11) is 0. The number of carboxylic acid groups (broad SMARTS) is 1. The Morgan fingerprint density at radius 1 is 1.44 bits per heavy atom. The van der Waals surface area contributed by atoms with Gasteiger partial charge in [-0.3, -0.25) is 5.32 Å². The van der Waals surface area contributed by atoms with E-state index in [0.29, 0.717) is 5.69 Å². The molecule has 0 aliphatic rings. The molecule has 88 valence electrons. The van der Waals surface area contributed by atoms with Gasteiger partial charge in [-0.05, 0) is 32.3 Å². The average Bonchev–Trinajstić information content (AvgIpc) is 2.45. The first-order valence-corrected chi connectivity index (χ1v) is 5.46. The van der Waals surface area contributed by atoms with E-state index in [4.69, 9.17) is 5.11 Å². The zero-order valence-electron chi connectivity index (χ0n) is 9.20. The molecule has 16 heavy (non-hydrogen) atoms. The summed E-state index contributed by atoms with van der Waals surface area (Å²) >= 11 is 0.957. The number of carbonyl (C=O) groups is 2. The van der Waals surface area contributed by atoms with Gasteiger partial charge in [0.15, 0.2) is 0 Å². The summed E-state index contributed by atoms with van der Waals surface area (Å²) in [5.41, 5.74) is 0.446. The normalized spacial score (nSPS) is 10.2. The summed E-state index contributed by atoms with van der Waals surface area (Å²) in [4.78, 5) is 22.3. The molecule has 0 aliphatic heterocycles. The SMILES string of the molecule is Cc1nsc(NC(=O)NC(C)C)c1C(=O)O. The number of nitrogens with zero attached hydrogens (tertiary/aromatic N) is 1. The molecule has 0 fully saturated rings. The number of urea groups is 1. The Hall–Kier alpha value is -1.63. The van der Waals surface area contributed by atoms with Crippen LogP contribution in [0, 0.1) is 6.92 Å². The van der Waals surface area contributed by atoms with Crippen molar-refractivity contribution in [2.24, 2.45) is 0 Å². The van der Waals surface area contributed by atoms with Crippen molar-refractivity contribution >= 4 is 28.5 Å². The van der Waals surface area contributed by atoms with Crippen LogP contribution in [-0.2, 0) is 0 Å². The smallest absolute Gasteiger partial charge is 0.340 e. The minimum Gasteiger partial charge on any atom is -0.478 e. The molecule has 0 atom stereocenters. The van der Waals surface area contributed by atoms with Gasteiger partial charge in [0.1, 0.15) is 10.6 Å². The molecule has 1 heterocycles.